The van der Waals surface area contributed by atoms with Gasteiger partial charge in [0.2, 0.25) is 5.43 Å². The van der Waals surface area contributed by atoms with Crippen LogP contribution in [0, 0.1) is 0 Å². The van der Waals surface area contributed by atoms with E-state index in [2.05, 4.69) is 19.2 Å². The van der Waals surface area contributed by atoms with Crippen molar-refractivity contribution in [2.24, 2.45) is 0 Å². The maximum absolute atomic E-state index is 12.7. The van der Waals surface area contributed by atoms with Crippen LogP contribution in [0.3, 0.4) is 0 Å². The van der Waals surface area contributed by atoms with Crippen molar-refractivity contribution in [1.29, 1.82) is 0 Å². The van der Waals surface area contributed by atoms with Gasteiger partial charge in [0, 0.05) is 25.0 Å². The molecule has 1 aromatic heterocycles. The molecule has 0 unspecified atom stereocenters. The lowest BCUT2D eigenvalue weighted by Gasteiger charge is -2.14. The molecule has 24 heavy (non-hydrogen) atoms. The SMILES string of the molecule is CCCCCCNC(=O)c1cn(CCC)c2cccc(N)c2c1=O. The molecular formula is C19H27N3O2. The van der Waals surface area contributed by atoms with Gasteiger partial charge in [0.05, 0.1) is 10.9 Å². The normalized spacial score (nSPS) is 10.9. The average molecular weight is 329 g/mol. The number of rotatable bonds is 8. The molecule has 3 N–H and O–H groups in total. The van der Waals surface area contributed by atoms with Crippen LogP contribution >= 0.6 is 0 Å². The predicted molar refractivity (Wildman–Crippen MR) is 99.4 cm³/mol. The van der Waals surface area contributed by atoms with Gasteiger partial charge in [-0.05, 0) is 25.0 Å². The number of anilines is 1. The van der Waals surface area contributed by atoms with E-state index in [9.17, 15) is 9.59 Å². The molecule has 5 nitrogen and oxygen atoms in total. The van der Waals surface area contributed by atoms with Crippen molar-refractivity contribution < 1.29 is 4.79 Å². The lowest BCUT2D eigenvalue weighted by atomic mass is 10.1. The third-order valence-corrected chi connectivity index (χ3v) is 4.17. The number of nitrogens with two attached hydrogens (primary N) is 1. The molecule has 0 aliphatic heterocycles. The van der Waals surface area contributed by atoms with Gasteiger partial charge >= 0.3 is 0 Å². The van der Waals surface area contributed by atoms with Crippen LogP contribution in [0.5, 0.6) is 0 Å². The van der Waals surface area contributed by atoms with E-state index in [1.54, 1.807) is 12.3 Å². The highest BCUT2D eigenvalue weighted by atomic mass is 16.2. The zero-order chi connectivity index (χ0) is 17.5. The van der Waals surface area contributed by atoms with Gasteiger partial charge in [-0.3, -0.25) is 9.59 Å². The number of fused-ring (bicyclic) bond motifs is 1. The molecule has 0 saturated carbocycles. The van der Waals surface area contributed by atoms with Crippen molar-refractivity contribution in [3.8, 4) is 0 Å². The number of benzene rings is 1. The Balaban J connectivity index is 2.33. The minimum absolute atomic E-state index is 0.171. The van der Waals surface area contributed by atoms with Gasteiger partial charge in [0.1, 0.15) is 5.56 Å². The number of nitrogens with one attached hydrogen (secondary N) is 1. The fourth-order valence-corrected chi connectivity index (χ4v) is 2.90. The fraction of sp³-hybridized carbons (Fsp3) is 0.474. The van der Waals surface area contributed by atoms with E-state index in [-0.39, 0.29) is 16.9 Å². The van der Waals surface area contributed by atoms with E-state index in [0.717, 1.165) is 44.2 Å². The third kappa shape index (κ3) is 3.96. The molecule has 1 amide bonds. The Hall–Kier alpha value is -2.30. The van der Waals surface area contributed by atoms with Gasteiger partial charge in [-0.1, -0.05) is 39.2 Å². The van der Waals surface area contributed by atoms with Crippen LogP contribution < -0.4 is 16.5 Å². The molecule has 1 heterocycles. The van der Waals surface area contributed by atoms with E-state index in [1.165, 1.54) is 0 Å². The molecule has 0 spiro atoms. The first-order valence-electron chi connectivity index (χ1n) is 8.80. The molecule has 0 saturated heterocycles. The van der Waals surface area contributed by atoms with Crippen molar-refractivity contribution in [2.75, 3.05) is 12.3 Å². The summed E-state index contributed by atoms with van der Waals surface area (Å²) in [6.07, 6.45) is 6.89. The van der Waals surface area contributed by atoms with E-state index >= 15 is 0 Å². The number of carbonyl (C=O) groups excluding carboxylic acids is 1. The lowest BCUT2D eigenvalue weighted by Crippen LogP contribution is -2.30. The minimum atomic E-state index is -0.313. The van der Waals surface area contributed by atoms with Crippen LogP contribution in [0.4, 0.5) is 5.69 Å². The summed E-state index contributed by atoms with van der Waals surface area (Å²) in [7, 11) is 0. The summed E-state index contributed by atoms with van der Waals surface area (Å²) in [5.41, 5.74) is 7.08. The first kappa shape index (κ1) is 18.0. The van der Waals surface area contributed by atoms with Crippen molar-refractivity contribution in [2.45, 2.75) is 52.5 Å². The number of unbranched alkanes of at least 4 members (excludes halogenated alkanes) is 3. The van der Waals surface area contributed by atoms with Crippen LogP contribution in [0.1, 0.15) is 56.3 Å². The largest absolute Gasteiger partial charge is 0.398 e. The maximum Gasteiger partial charge on any atom is 0.256 e. The molecule has 130 valence electrons. The Labute approximate surface area is 142 Å². The number of aromatic nitrogens is 1. The first-order chi connectivity index (χ1) is 11.6. The summed E-state index contributed by atoms with van der Waals surface area (Å²) < 4.78 is 1.94. The van der Waals surface area contributed by atoms with E-state index in [1.807, 2.05) is 16.7 Å². The van der Waals surface area contributed by atoms with Gasteiger partial charge in [-0.2, -0.15) is 0 Å². The van der Waals surface area contributed by atoms with Crippen molar-refractivity contribution in [1.82, 2.24) is 9.88 Å². The molecule has 0 atom stereocenters. The minimum Gasteiger partial charge on any atom is -0.398 e. The number of carbonyl (C=O) groups is 1. The first-order valence-corrected chi connectivity index (χ1v) is 8.80. The van der Waals surface area contributed by atoms with Crippen molar-refractivity contribution in [3.05, 3.63) is 40.2 Å². The second-order valence-corrected chi connectivity index (χ2v) is 6.12. The van der Waals surface area contributed by atoms with Gasteiger partial charge < -0.3 is 15.6 Å². The summed E-state index contributed by atoms with van der Waals surface area (Å²) in [6.45, 7) is 5.53. The molecule has 2 aromatic rings. The van der Waals surface area contributed by atoms with Crippen LogP contribution in [0.15, 0.2) is 29.2 Å². The van der Waals surface area contributed by atoms with Gasteiger partial charge in [-0.25, -0.2) is 0 Å². The number of hydrogen-bond donors (Lipinski definition) is 2. The number of nitrogens with zero attached hydrogens (tertiary/aromatic N) is 1. The second kappa shape index (κ2) is 8.52. The highest BCUT2D eigenvalue weighted by Gasteiger charge is 2.16. The summed E-state index contributed by atoms with van der Waals surface area (Å²) in [5, 5.41) is 3.29. The molecule has 0 aliphatic rings. The zero-order valence-corrected chi connectivity index (χ0v) is 14.6. The molecule has 1 aromatic carbocycles. The lowest BCUT2D eigenvalue weighted by molar-refractivity contribution is 0.0951. The Kier molecular flexibility index (Phi) is 6.41. The molecule has 5 heteroatoms. The van der Waals surface area contributed by atoms with Crippen molar-refractivity contribution >= 4 is 22.5 Å². The summed E-state index contributed by atoms with van der Waals surface area (Å²) in [6, 6.07) is 5.40. The summed E-state index contributed by atoms with van der Waals surface area (Å²) in [5.74, 6) is -0.313. The Morgan fingerprint density at radius 2 is 1.96 bits per heavy atom. The molecule has 0 aliphatic carbocycles. The quantitative estimate of drug-likeness (QED) is 0.576. The van der Waals surface area contributed by atoms with Gasteiger partial charge in [-0.15, -0.1) is 0 Å². The predicted octanol–water partition coefficient (Wildman–Crippen LogP) is 3.30. The number of nitrogen functional groups attached to an aromatic ring is 1. The number of hydrogen-bond acceptors (Lipinski definition) is 3. The molecule has 2 rings (SSSR count). The van der Waals surface area contributed by atoms with E-state index in [0.29, 0.717) is 17.6 Å². The number of pyridine rings is 1. The maximum atomic E-state index is 12.7. The van der Waals surface area contributed by atoms with Crippen LogP contribution in [-0.4, -0.2) is 17.0 Å². The smallest absolute Gasteiger partial charge is 0.256 e. The Bertz CT molecular complexity index is 765. The van der Waals surface area contributed by atoms with Gasteiger partial charge in [0.15, 0.2) is 0 Å². The highest BCUT2D eigenvalue weighted by molar-refractivity contribution is 6.00. The zero-order valence-electron chi connectivity index (χ0n) is 14.6. The second-order valence-electron chi connectivity index (χ2n) is 6.12. The Morgan fingerprint density at radius 1 is 1.17 bits per heavy atom. The van der Waals surface area contributed by atoms with Crippen LogP contribution in [0.25, 0.3) is 10.9 Å². The van der Waals surface area contributed by atoms with Crippen LogP contribution in [-0.2, 0) is 6.54 Å². The monoisotopic (exact) mass is 329 g/mol. The molecule has 0 fully saturated rings. The van der Waals surface area contributed by atoms with Crippen LogP contribution in [0.2, 0.25) is 0 Å². The number of aryl methyl sites for hydroxylation is 1. The standard InChI is InChI=1S/C19H27N3O2/c1-3-5-6-7-11-21-19(24)14-13-22(12-4-2)16-10-8-9-15(20)17(16)18(14)23/h8-10,13H,3-7,11-12,20H2,1-2H3,(H,21,24). The third-order valence-electron chi connectivity index (χ3n) is 4.17. The summed E-state index contributed by atoms with van der Waals surface area (Å²) in [4.78, 5) is 25.2. The average Bonchev–Trinajstić information content (AvgIpc) is 2.57. The molecule has 0 radical (unpaired) electrons. The summed E-state index contributed by atoms with van der Waals surface area (Å²) >= 11 is 0. The van der Waals surface area contributed by atoms with Gasteiger partial charge in [0.25, 0.3) is 5.91 Å². The number of amides is 1. The van der Waals surface area contributed by atoms with E-state index in [4.69, 9.17) is 5.73 Å². The molecular weight excluding hydrogens is 302 g/mol. The van der Waals surface area contributed by atoms with Crippen molar-refractivity contribution in [3.63, 3.8) is 0 Å². The Morgan fingerprint density at radius 3 is 2.67 bits per heavy atom. The fourth-order valence-electron chi connectivity index (χ4n) is 2.90. The highest BCUT2D eigenvalue weighted by Crippen LogP contribution is 2.18. The molecule has 0 bridgehead atoms. The topological polar surface area (TPSA) is 77.1 Å². The van der Waals surface area contributed by atoms with E-state index < -0.39 is 0 Å².